The van der Waals surface area contributed by atoms with Gasteiger partial charge in [-0.15, -0.1) is 10.2 Å². The molecule has 0 unspecified atom stereocenters. The molecule has 3 rings (SSSR count). The molecular weight excluding hydrogens is 404 g/mol. The SMILES string of the molecule is CS(=O)(=O)N(Cc1ccc(-c2nnc(C(F)(F)F)o2)c(F)c1)c1cccnc1. The van der Waals surface area contributed by atoms with Gasteiger partial charge in [0, 0.05) is 6.20 Å². The summed E-state index contributed by atoms with van der Waals surface area (Å²) in [5.41, 5.74) is 0.200. The van der Waals surface area contributed by atoms with Gasteiger partial charge in [-0.05, 0) is 29.8 Å². The Balaban J connectivity index is 1.90. The highest BCUT2D eigenvalue weighted by Crippen LogP contribution is 2.31. The molecule has 0 N–H and O–H groups in total. The van der Waals surface area contributed by atoms with Crippen LogP contribution in [0.3, 0.4) is 0 Å². The second-order valence-corrected chi connectivity index (χ2v) is 7.61. The lowest BCUT2D eigenvalue weighted by Crippen LogP contribution is -2.29. The minimum atomic E-state index is -4.85. The number of sulfonamides is 1. The summed E-state index contributed by atoms with van der Waals surface area (Å²) < 4.78 is 81.6. The maximum atomic E-state index is 14.4. The molecule has 0 radical (unpaired) electrons. The van der Waals surface area contributed by atoms with E-state index in [0.717, 1.165) is 22.7 Å². The Bertz CT molecular complexity index is 1080. The van der Waals surface area contributed by atoms with Crippen molar-refractivity contribution in [2.24, 2.45) is 0 Å². The van der Waals surface area contributed by atoms with Crippen LogP contribution in [0.4, 0.5) is 23.2 Å². The summed E-state index contributed by atoms with van der Waals surface area (Å²) in [5.74, 6) is -3.16. The van der Waals surface area contributed by atoms with Gasteiger partial charge in [0.05, 0.1) is 30.2 Å². The van der Waals surface area contributed by atoms with E-state index >= 15 is 0 Å². The van der Waals surface area contributed by atoms with Crippen molar-refractivity contribution in [3.63, 3.8) is 0 Å². The molecule has 0 amide bonds. The normalized spacial score (nSPS) is 12.2. The van der Waals surface area contributed by atoms with Crippen LogP contribution in [0.1, 0.15) is 11.5 Å². The summed E-state index contributed by atoms with van der Waals surface area (Å²) in [6, 6.07) is 6.55. The number of hydrogen-bond donors (Lipinski definition) is 0. The van der Waals surface area contributed by atoms with Crippen molar-refractivity contribution < 1.29 is 30.4 Å². The number of nitrogens with zero attached hydrogens (tertiary/aromatic N) is 4. The van der Waals surface area contributed by atoms with Crippen molar-refractivity contribution in [3.05, 3.63) is 60.0 Å². The fourth-order valence-electron chi connectivity index (χ4n) is 2.34. The number of hydrogen-bond acceptors (Lipinski definition) is 6. The molecule has 0 bridgehead atoms. The predicted molar refractivity (Wildman–Crippen MR) is 90.0 cm³/mol. The van der Waals surface area contributed by atoms with Gasteiger partial charge in [0.15, 0.2) is 0 Å². The molecular formula is C16H12F4N4O3S. The lowest BCUT2D eigenvalue weighted by Gasteiger charge is -2.22. The van der Waals surface area contributed by atoms with Crippen molar-refractivity contribution in [1.82, 2.24) is 15.2 Å². The maximum Gasteiger partial charge on any atom is 0.470 e. The number of alkyl halides is 3. The molecule has 3 aromatic rings. The van der Waals surface area contributed by atoms with Crippen LogP contribution in [0.25, 0.3) is 11.5 Å². The van der Waals surface area contributed by atoms with Crippen LogP contribution in [0.15, 0.2) is 47.1 Å². The van der Waals surface area contributed by atoms with Crippen LogP contribution >= 0.6 is 0 Å². The summed E-state index contributed by atoms with van der Waals surface area (Å²) in [5, 5.41) is 6.04. The lowest BCUT2D eigenvalue weighted by molar-refractivity contribution is -0.156. The average Bonchev–Trinajstić information content (AvgIpc) is 3.10. The van der Waals surface area contributed by atoms with Gasteiger partial charge in [0.2, 0.25) is 10.0 Å². The third-order valence-corrected chi connectivity index (χ3v) is 4.73. The monoisotopic (exact) mass is 416 g/mol. The Labute approximate surface area is 156 Å². The number of aromatic nitrogens is 3. The second-order valence-electron chi connectivity index (χ2n) is 5.71. The van der Waals surface area contributed by atoms with E-state index in [1.54, 1.807) is 6.07 Å². The van der Waals surface area contributed by atoms with Gasteiger partial charge >= 0.3 is 12.1 Å². The molecule has 12 heteroatoms. The molecule has 0 spiro atoms. The van der Waals surface area contributed by atoms with Gasteiger partial charge in [-0.2, -0.15) is 13.2 Å². The Morgan fingerprint density at radius 2 is 1.93 bits per heavy atom. The Kier molecular flexibility index (Phi) is 5.06. The number of benzene rings is 1. The third-order valence-electron chi connectivity index (χ3n) is 3.59. The van der Waals surface area contributed by atoms with Crippen LogP contribution in [0, 0.1) is 5.82 Å². The van der Waals surface area contributed by atoms with Gasteiger partial charge in [-0.3, -0.25) is 9.29 Å². The van der Waals surface area contributed by atoms with Crippen LogP contribution in [-0.2, 0) is 22.7 Å². The first-order valence-electron chi connectivity index (χ1n) is 7.63. The van der Waals surface area contributed by atoms with Crippen LogP contribution in [-0.4, -0.2) is 29.9 Å². The highest BCUT2D eigenvalue weighted by atomic mass is 32.2. The van der Waals surface area contributed by atoms with E-state index in [1.807, 2.05) is 0 Å². The molecule has 0 saturated heterocycles. The first kappa shape index (κ1) is 19.7. The van der Waals surface area contributed by atoms with Gasteiger partial charge in [-0.1, -0.05) is 6.07 Å². The van der Waals surface area contributed by atoms with E-state index in [9.17, 15) is 26.0 Å². The van der Waals surface area contributed by atoms with Crippen LogP contribution in [0.2, 0.25) is 0 Å². The van der Waals surface area contributed by atoms with Crippen molar-refractivity contribution in [1.29, 1.82) is 0 Å². The van der Waals surface area contributed by atoms with Crippen molar-refractivity contribution in [3.8, 4) is 11.5 Å². The number of rotatable bonds is 5. The zero-order valence-electron chi connectivity index (χ0n) is 14.2. The minimum absolute atomic E-state index is 0.209. The highest BCUT2D eigenvalue weighted by molar-refractivity contribution is 7.92. The predicted octanol–water partition coefficient (Wildman–Crippen LogP) is 3.26. The fourth-order valence-corrected chi connectivity index (χ4v) is 3.22. The fraction of sp³-hybridized carbons (Fsp3) is 0.188. The quantitative estimate of drug-likeness (QED) is 0.593. The molecule has 0 aliphatic carbocycles. The average molecular weight is 416 g/mol. The van der Waals surface area contributed by atoms with Crippen molar-refractivity contribution in [2.75, 3.05) is 10.6 Å². The maximum absolute atomic E-state index is 14.4. The summed E-state index contributed by atoms with van der Waals surface area (Å²) in [7, 11) is -3.70. The third kappa shape index (κ3) is 4.27. The zero-order chi connectivity index (χ0) is 20.5. The van der Waals surface area contributed by atoms with E-state index in [2.05, 4.69) is 19.6 Å². The first-order chi connectivity index (χ1) is 13.1. The molecule has 2 aromatic heterocycles. The largest absolute Gasteiger partial charge is 0.470 e. The molecule has 0 aliphatic heterocycles. The molecule has 7 nitrogen and oxygen atoms in total. The van der Waals surface area contributed by atoms with Crippen molar-refractivity contribution in [2.45, 2.75) is 12.7 Å². The van der Waals surface area contributed by atoms with E-state index in [4.69, 9.17) is 0 Å². The molecule has 2 heterocycles. The molecule has 28 heavy (non-hydrogen) atoms. The Morgan fingerprint density at radius 3 is 2.46 bits per heavy atom. The van der Waals surface area contributed by atoms with E-state index in [-0.39, 0.29) is 23.4 Å². The topological polar surface area (TPSA) is 89.2 Å². The first-order valence-corrected chi connectivity index (χ1v) is 9.48. The number of halogens is 4. The van der Waals surface area contributed by atoms with Crippen molar-refractivity contribution >= 4 is 15.7 Å². The van der Waals surface area contributed by atoms with Crippen LogP contribution in [0.5, 0.6) is 0 Å². The zero-order valence-corrected chi connectivity index (χ0v) is 15.0. The summed E-state index contributed by atoms with van der Waals surface area (Å²) >= 11 is 0. The highest BCUT2D eigenvalue weighted by Gasteiger charge is 2.38. The smallest absolute Gasteiger partial charge is 0.413 e. The molecule has 0 aliphatic rings. The standard InChI is InChI=1S/C16H12F4N4O3S/c1-28(25,26)24(11-3-2-6-21-8-11)9-10-4-5-12(13(17)7-10)14-22-23-15(27-14)16(18,19)20/h2-8H,9H2,1H3. The van der Waals surface area contributed by atoms with E-state index in [0.29, 0.717) is 0 Å². The number of pyridine rings is 1. The lowest BCUT2D eigenvalue weighted by atomic mass is 10.1. The van der Waals surface area contributed by atoms with E-state index in [1.165, 1.54) is 24.5 Å². The van der Waals surface area contributed by atoms with Gasteiger partial charge < -0.3 is 4.42 Å². The minimum Gasteiger partial charge on any atom is -0.413 e. The second kappa shape index (κ2) is 7.19. The Morgan fingerprint density at radius 1 is 1.18 bits per heavy atom. The molecule has 0 saturated carbocycles. The Hall–Kier alpha value is -3.02. The summed E-state index contributed by atoms with van der Waals surface area (Å²) in [4.78, 5) is 3.85. The molecule has 148 valence electrons. The van der Waals surface area contributed by atoms with E-state index < -0.39 is 33.8 Å². The number of anilines is 1. The van der Waals surface area contributed by atoms with Gasteiger partial charge in [0.25, 0.3) is 5.89 Å². The van der Waals surface area contributed by atoms with Crippen LogP contribution < -0.4 is 4.31 Å². The molecule has 1 aromatic carbocycles. The van der Waals surface area contributed by atoms with Gasteiger partial charge in [-0.25, -0.2) is 12.8 Å². The summed E-state index contributed by atoms with van der Waals surface area (Å²) in [6.07, 6.45) is -1.05. The molecule has 0 fully saturated rings. The summed E-state index contributed by atoms with van der Waals surface area (Å²) in [6.45, 7) is -0.209. The van der Waals surface area contributed by atoms with Gasteiger partial charge in [0.1, 0.15) is 5.82 Å². The molecule has 0 atom stereocenters.